The normalized spacial score (nSPS) is 10.2. The number of urea groups is 1. The summed E-state index contributed by atoms with van der Waals surface area (Å²) in [5, 5.41) is 2.69. The first-order chi connectivity index (χ1) is 12.0. The molecule has 25 heavy (non-hydrogen) atoms. The molecule has 0 aliphatic carbocycles. The molecular weight excluding hydrogens is 330 g/mol. The van der Waals surface area contributed by atoms with E-state index >= 15 is 0 Å². The molecule has 0 aliphatic heterocycles. The van der Waals surface area contributed by atoms with Gasteiger partial charge in [0, 0.05) is 19.7 Å². The summed E-state index contributed by atoms with van der Waals surface area (Å²) < 4.78 is 36.3. The number of hydrogen-bond acceptors (Lipinski definition) is 3. The van der Waals surface area contributed by atoms with E-state index in [9.17, 15) is 13.6 Å². The maximum Gasteiger partial charge on any atom is 0.317 e. The van der Waals surface area contributed by atoms with Crippen molar-refractivity contribution in [3.8, 4) is 11.5 Å². The van der Waals surface area contributed by atoms with E-state index in [0.29, 0.717) is 6.54 Å². The van der Waals surface area contributed by atoms with E-state index < -0.39 is 11.6 Å². The molecule has 0 heterocycles. The second-order valence-corrected chi connectivity index (χ2v) is 5.36. The molecule has 2 amide bonds. The van der Waals surface area contributed by atoms with Gasteiger partial charge >= 0.3 is 6.03 Å². The number of rotatable bonds is 7. The second kappa shape index (κ2) is 8.86. The molecule has 0 spiro atoms. The van der Waals surface area contributed by atoms with Gasteiger partial charge in [0.25, 0.3) is 0 Å². The third kappa shape index (κ3) is 5.63. The molecule has 0 saturated carbocycles. The molecule has 2 aromatic carbocycles. The number of nitrogens with one attached hydrogen (secondary N) is 1. The van der Waals surface area contributed by atoms with Gasteiger partial charge in [-0.15, -0.1) is 0 Å². The van der Waals surface area contributed by atoms with Crippen LogP contribution in [0.1, 0.15) is 5.56 Å². The SMILES string of the molecule is COc1cccc(CN(C)C(=O)NCCOc2ccc(F)c(F)c2)c1. The van der Waals surface area contributed by atoms with E-state index in [0.717, 1.165) is 23.4 Å². The van der Waals surface area contributed by atoms with Crippen LogP contribution >= 0.6 is 0 Å². The van der Waals surface area contributed by atoms with Crippen molar-refractivity contribution in [2.45, 2.75) is 6.54 Å². The molecule has 2 rings (SSSR count). The minimum atomic E-state index is -0.973. The molecule has 0 radical (unpaired) electrons. The molecule has 0 bridgehead atoms. The molecule has 134 valence electrons. The van der Waals surface area contributed by atoms with Crippen LogP contribution in [0.4, 0.5) is 13.6 Å². The van der Waals surface area contributed by atoms with Crippen molar-refractivity contribution >= 4 is 6.03 Å². The molecule has 0 saturated heterocycles. The Hall–Kier alpha value is -2.83. The van der Waals surface area contributed by atoms with Crippen molar-refractivity contribution < 1.29 is 23.0 Å². The fourth-order valence-corrected chi connectivity index (χ4v) is 2.14. The fourth-order valence-electron chi connectivity index (χ4n) is 2.14. The van der Waals surface area contributed by atoms with Crippen LogP contribution in [0.5, 0.6) is 11.5 Å². The van der Waals surface area contributed by atoms with E-state index in [1.165, 1.54) is 11.0 Å². The van der Waals surface area contributed by atoms with Gasteiger partial charge in [-0.3, -0.25) is 0 Å². The van der Waals surface area contributed by atoms with Gasteiger partial charge in [0.1, 0.15) is 18.1 Å². The van der Waals surface area contributed by atoms with Gasteiger partial charge in [0.05, 0.1) is 13.7 Å². The number of amides is 2. The lowest BCUT2D eigenvalue weighted by atomic mass is 10.2. The van der Waals surface area contributed by atoms with Crippen molar-refractivity contribution in [3.05, 3.63) is 59.7 Å². The maximum atomic E-state index is 13.0. The van der Waals surface area contributed by atoms with E-state index in [4.69, 9.17) is 9.47 Å². The highest BCUT2D eigenvalue weighted by Gasteiger charge is 2.09. The van der Waals surface area contributed by atoms with Crippen LogP contribution in [0.15, 0.2) is 42.5 Å². The summed E-state index contributed by atoms with van der Waals surface area (Å²) in [7, 11) is 3.26. The van der Waals surface area contributed by atoms with Crippen LogP contribution in [0.3, 0.4) is 0 Å². The van der Waals surface area contributed by atoms with Crippen LogP contribution in [-0.4, -0.2) is 38.2 Å². The van der Waals surface area contributed by atoms with Gasteiger partial charge in [-0.05, 0) is 29.8 Å². The third-order valence-electron chi connectivity index (χ3n) is 3.44. The van der Waals surface area contributed by atoms with E-state index in [-0.39, 0.29) is 24.9 Å². The van der Waals surface area contributed by atoms with Crippen LogP contribution in [-0.2, 0) is 6.54 Å². The molecule has 0 unspecified atom stereocenters. The minimum Gasteiger partial charge on any atom is -0.497 e. The number of benzene rings is 2. The lowest BCUT2D eigenvalue weighted by Gasteiger charge is -2.18. The van der Waals surface area contributed by atoms with Gasteiger partial charge < -0.3 is 19.7 Å². The number of halogens is 2. The summed E-state index contributed by atoms with van der Waals surface area (Å²) in [6.07, 6.45) is 0. The molecule has 0 aliphatic rings. The summed E-state index contributed by atoms with van der Waals surface area (Å²) in [5.41, 5.74) is 0.940. The summed E-state index contributed by atoms with van der Waals surface area (Å²) in [5.74, 6) is -0.969. The lowest BCUT2D eigenvalue weighted by Crippen LogP contribution is -2.38. The number of methoxy groups -OCH3 is 1. The lowest BCUT2D eigenvalue weighted by molar-refractivity contribution is 0.203. The van der Waals surface area contributed by atoms with Gasteiger partial charge in [-0.2, -0.15) is 0 Å². The number of nitrogens with zero attached hydrogens (tertiary/aromatic N) is 1. The van der Waals surface area contributed by atoms with Crippen LogP contribution in [0, 0.1) is 11.6 Å². The molecule has 5 nitrogen and oxygen atoms in total. The van der Waals surface area contributed by atoms with E-state index in [1.54, 1.807) is 14.2 Å². The zero-order valence-electron chi connectivity index (χ0n) is 14.1. The van der Waals surface area contributed by atoms with Crippen molar-refractivity contribution in [2.75, 3.05) is 27.3 Å². The number of hydrogen-bond donors (Lipinski definition) is 1. The van der Waals surface area contributed by atoms with Gasteiger partial charge in [-0.25, -0.2) is 13.6 Å². The summed E-state index contributed by atoms with van der Waals surface area (Å²) >= 11 is 0. The maximum absolute atomic E-state index is 13.0. The van der Waals surface area contributed by atoms with Gasteiger partial charge in [0.15, 0.2) is 11.6 Å². The predicted octanol–water partition coefficient (Wildman–Crippen LogP) is 3.19. The fraction of sp³-hybridized carbons (Fsp3) is 0.278. The molecule has 1 N–H and O–H groups in total. The standard InChI is InChI=1S/C18H20F2N2O3/c1-22(12-13-4-3-5-14(10-13)24-2)18(23)21-8-9-25-15-6-7-16(19)17(20)11-15/h3-7,10-11H,8-9,12H2,1-2H3,(H,21,23). The smallest absolute Gasteiger partial charge is 0.317 e. The molecule has 2 aromatic rings. The van der Waals surface area contributed by atoms with Crippen molar-refractivity contribution in [1.29, 1.82) is 0 Å². The molecular formula is C18H20F2N2O3. The van der Waals surface area contributed by atoms with E-state index in [1.807, 2.05) is 24.3 Å². The Morgan fingerprint density at radius 2 is 1.92 bits per heavy atom. The molecule has 0 atom stereocenters. The van der Waals surface area contributed by atoms with Gasteiger partial charge in [-0.1, -0.05) is 12.1 Å². The minimum absolute atomic E-state index is 0.143. The van der Waals surface area contributed by atoms with Crippen molar-refractivity contribution in [2.24, 2.45) is 0 Å². The van der Waals surface area contributed by atoms with Crippen LogP contribution in [0.25, 0.3) is 0 Å². The topological polar surface area (TPSA) is 50.8 Å². The highest BCUT2D eigenvalue weighted by molar-refractivity contribution is 5.73. The van der Waals surface area contributed by atoms with Crippen LogP contribution < -0.4 is 14.8 Å². The average molecular weight is 350 g/mol. The Kier molecular flexibility index (Phi) is 6.56. The molecule has 0 fully saturated rings. The Labute approximate surface area is 145 Å². The second-order valence-electron chi connectivity index (χ2n) is 5.36. The first-order valence-corrected chi connectivity index (χ1v) is 7.69. The number of carbonyl (C=O) groups is 1. The molecule has 7 heteroatoms. The first kappa shape index (κ1) is 18.5. The monoisotopic (exact) mass is 350 g/mol. The molecule has 0 aromatic heterocycles. The Morgan fingerprint density at radius 1 is 1.12 bits per heavy atom. The number of carbonyl (C=O) groups excluding carboxylic acids is 1. The third-order valence-corrected chi connectivity index (χ3v) is 3.44. The van der Waals surface area contributed by atoms with Gasteiger partial charge in [0.2, 0.25) is 0 Å². The highest BCUT2D eigenvalue weighted by Crippen LogP contribution is 2.15. The van der Waals surface area contributed by atoms with Crippen molar-refractivity contribution in [1.82, 2.24) is 10.2 Å². The zero-order valence-corrected chi connectivity index (χ0v) is 14.1. The average Bonchev–Trinajstić information content (AvgIpc) is 2.61. The van der Waals surface area contributed by atoms with Crippen molar-refractivity contribution in [3.63, 3.8) is 0 Å². The first-order valence-electron chi connectivity index (χ1n) is 7.69. The van der Waals surface area contributed by atoms with Crippen LogP contribution in [0.2, 0.25) is 0 Å². The zero-order chi connectivity index (χ0) is 18.2. The quantitative estimate of drug-likeness (QED) is 0.780. The van der Waals surface area contributed by atoms with E-state index in [2.05, 4.69) is 5.32 Å². The predicted molar refractivity (Wildman–Crippen MR) is 89.7 cm³/mol. The Morgan fingerprint density at radius 3 is 2.64 bits per heavy atom. The summed E-state index contributed by atoms with van der Waals surface area (Å²) in [6.45, 7) is 0.803. The summed E-state index contributed by atoms with van der Waals surface area (Å²) in [6, 6.07) is 10.5. The Balaban J connectivity index is 1.74. The summed E-state index contributed by atoms with van der Waals surface area (Å²) in [4.78, 5) is 13.6. The highest BCUT2D eigenvalue weighted by atomic mass is 19.2. The number of ether oxygens (including phenoxy) is 2. The Bertz CT molecular complexity index is 725. The largest absolute Gasteiger partial charge is 0.497 e.